The van der Waals surface area contributed by atoms with Crippen LogP contribution in [0.4, 0.5) is 0 Å². The minimum Gasteiger partial charge on any atom is -0.354 e. The van der Waals surface area contributed by atoms with E-state index in [1.54, 1.807) is 4.90 Å². The fourth-order valence-electron chi connectivity index (χ4n) is 3.37. The Hall–Kier alpha value is -2.37. The van der Waals surface area contributed by atoms with E-state index in [2.05, 4.69) is 5.32 Å². The highest BCUT2D eigenvalue weighted by atomic mass is 35.5. The minimum atomic E-state index is -0.323. The Morgan fingerprint density at radius 2 is 1.67 bits per heavy atom. The van der Waals surface area contributed by atoms with Crippen LogP contribution < -0.4 is 11.1 Å². The number of rotatable bonds is 6. The van der Waals surface area contributed by atoms with Gasteiger partial charge in [-0.05, 0) is 18.1 Å². The fourth-order valence-corrected chi connectivity index (χ4v) is 3.37. The maximum atomic E-state index is 12.5. The molecule has 2 amide bonds. The lowest BCUT2D eigenvalue weighted by Crippen LogP contribution is -2.37. The molecule has 1 aliphatic heterocycles. The molecule has 2 aromatic carbocycles. The lowest BCUT2D eigenvalue weighted by atomic mass is 10.1. The van der Waals surface area contributed by atoms with Gasteiger partial charge in [-0.3, -0.25) is 9.59 Å². The predicted octanol–water partition coefficient (Wildman–Crippen LogP) is 2.83. The van der Waals surface area contributed by atoms with Gasteiger partial charge in [-0.15, -0.1) is 12.4 Å². The molecule has 1 heterocycles. The van der Waals surface area contributed by atoms with Gasteiger partial charge in [-0.2, -0.15) is 0 Å². The Morgan fingerprint density at radius 3 is 2.26 bits per heavy atom. The summed E-state index contributed by atoms with van der Waals surface area (Å²) in [4.78, 5) is 26.7. The van der Waals surface area contributed by atoms with Crippen molar-refractivity contribution in [2.45, 2.75) is 25.4 Å². The van der Waals surface area contributed by atoms with Crippen molar-refractivity contribution < 1.29 is 9.59 Å². The van der Waals surface area contributed by atoms with Gasteiger partial charge in [0.1, 0.15) is 0 Å². The van der Waals surface area contributed by atoms with Crippen molar-refractivity contribution in [2.75, 3.05) is 13.1 Å². The molecule has 144 valence electrons. The zero-order valence-electron chi connectivity index (χ0n) is 15.4. The minimum absolute atomic E-state index is 0. The number of nitrogens with one attached hydrogen (secondary N) is 1. The van der Waals surface area contributed by atoms with E-state index < -0.39 is 0 Å². The molecule has 3 unspecified atom stereocenters. The molecule has 6 heteroatoms. The number of halogens is 1. The average Bonchev–Trinajstić information content (AvgIpc) is 3.08. The van der Waals surface area contributed by atoms with Crippen LogP contribution in [0.1, 0.15) is 36.6 Å². The van der Waals surface area contributed by atoms with E-state index >= 15 is 0 Å². The van der Waals surface area contributed by atoms with Gasteiger partial charge in [0.2, 0.25) is 11.8 Å². The highest BCUT2D eigenvalue weighted by Crippen LogP contribution is 2.28. The van der Waals surface area contributed by atoms with Crippen LogP contribution in [0.5, 0.6) is 0 Å². The van der Waals surface area contributed by atoms with Gasteiger partial charge < -0.3 is 16.0 Å². The van der Waals surface area contributed by atoms with Crippen LogP contribution in [-0.2, 0) is 9.59 Å². The van der Waals surface area contributed by atoms with Crippen molar-refractivity contribution in [3.05, 3.63) is 71.8 Å². The number of likely N-dealkylation sites (tertiary alicyclic amines) is 1. The van der Waals surface area contributed by atoms with Crippen molar-refractivity contribution >= 4 is 24.2 Å². The second-order valence-corrected chi connectivity index (χ2v) is 6.80. The summed E-state index contributed by atoms with van der Waals surface area (Å²) in [5.41, 5.74) is 8.19. The zero-order chi connectivity index (χ0) is 18.5. The molecule has 3 atom stereocenters. The van der Waals surface area contributed by atoms with E-state index in [-0.39, 0.29) is 48.6 Å². The van der Waals surface area contributed by atoms with E-state index in [9.17, 15) is 9.59 Å². The Balaban J connectivity index is 0.00000261. The molecular formula is C21H26ClN3O2. The molecule has 3 rings (SSSR count). The van der Waals surface area contributed by atoms with Gasteiger partial charge in [0, 0.05) is 25.6 Å². The lowest BCUT2D eigenvalue weighted by Gasteiger charge is -2.25. The van der Waals surface area contributed by atoms with Crippen LogP contribution in [0.15, 0.2) is 60.7 Å². The van der Waals surface area contributed by atoms with E-state index in [1.165, 1.54) is 0 Å². The van der Waals surface area contributed by atoms with Crippen molar-refractivity contribution in [1.29, 1.82) is 0 Å². The molecule has 2 aromatic rings. The van der Waals surface area contributed by atoms with Gasteiger partial charge in [0.15, 0.2) is 0 Å². The first-order chi connectivity index (χ1) is 12.6. The standard InChI is InChI=1S/C21H25N3O2.ClH/c1-15(16-8-4-2-5-9-16)24-14-18(12-20(24)25)21(26)23-13-19(22)17-10-6-3-7-11-17;/h2-11,15,18-19H,12-14,22H2,1H3,(H,23,26);1H. The Kier molecular flexibility index (Phi) is 7.39. The molecule has 0 aromatic heterocycles. The van der Waals surface area contributed by atoms with Gasteiger partial charge >= 0.3 is 0 Å². The first kappa shape index (κ1) is 20.9. The molecule has 3 N–H and O–H groups in total. The van der Waals surface area contributed by atoms with Crippen LogP contribution in [0.3, 0.4) is 0 Å². The Bertz CT molecular complexity index is 755. The molecule has 0 spiro atoms. The predicted molar refractivity (Wildman–Crippen MR) is 108 cm³/mol. The molecule has 5 nitrogen and oxygen atoms in total. The van der Waals surface area contributed by atoms with E-state index in [4.69, 9.17) is 5.73 Å². The summed E-state index contributed by atoms with van der Waals surface area (Å²) < 4.78 is 0. The molecule has 1 fully saturated rings. The van der Waals surface area contributed by atoms with Crippen LogP contribution >= 0.6 is 12.4 Å². The first-order valence-electron chi connectivity index (χ1n) is 8.99. The number of benzene rings is 2. The largest absolute Gasteiger partial charge is 0.354 e. The summed E-state index contributed by atoms with van der Waals surface area (Å²) in [6.45, 7) is 2.81. The number of hydrogen-bond acceptors (Lipinski definition) is 3. The Labute approximate surface area is 166 Å². The molecule has 1 aliphatic rings. The molecule has 0 radical (unpaired) electrons. The van der Waals surface area contributed by atoms with Crippen LogP contribution in [0, 0.1) is 5.92 Å². The molecule has 0 saturated carbocycles. The third-order valence-electron chi connectivity index (χ3n) is 5.00. The molecular weight excluding hydrogens is 362 g/mol. The van der Waals surface area contributed by atoms with Crippen LogP contribution in [0.25, 0.3) is 0 Å². The second kappa shape index (κ2) is 9.53. The van der Waals surface area contributed by atoms with E-state index in [0.29, 0.717) is 13.1 Å². The SMILES string of the molecule is CC(c1ccccc1)N1CC(C(=O)NCC(N)c2ccccc2)CC1=O.Cl. The number of nitrogens with zero attached hydrogens (tertiary/aromatic N) is 1. The molecule has 0 aliphatic carbocycles. The number of hydrogen-bond donors (Lipinski definition) is 2. The highest BCUT2D eigenvalue weighted by Gasteiger charge is 2.36. The van der Waals surface area contributed by atoms with Crippen LogP contribution in [-0.4, -0.2) is 29.8 Å². The maximum Gasteiger partial charge on any atom is 0.225 e. The fraction of sp³-hybridized carbons (Fsp3) is 0.333. The first-order valence-corrected chi connectivity index (χ1v) is 8.99. The zero-order valence-corrected chi connectivity index (χ0v) is 16.2. The number of carbonyl (C=O) groups is 2. The smallest absolute Gasteiger partial charge is 0.225 e. The van der Waals surface area contributed by atoms with Gasteiger partial charge in [-0.25, -0.2) is 0 Å². The summed E-state index contributed by atoms with van der Waals surface area (Å²) in [7, 11) is 0. The summed E-state index contributed by atoms with van der Waals surface area (Å²) in [5, 5.41) is 2.90. The lowest BCUT2D eigenvalue weighted by molar-refractivity contribution is -0.130. The van der Waals surface area contributed by atoms with Crippen molar-refractivity contribution in [1.82, 2.24) is 10.2 Å². The van der Waals surface area contributed by atoms with E-state index in [0.717, 1.165) is 11.1 Å². The quantitative estimate of drug-likeness (QED) is 0.800. The summed E-state index contributed by atoms with van der Waals surface area (Å²) in [6.07, 6.45) is 0.254. The van der Waals surface area contributed by atoms with Crippen molar-refractivity contribution in [2.24, 2.45) is 11.7 Å². The molecule has 1 saturated heterocycles. The molecule has 27 heavy (non-hydrogen) atoms. The average molecular weight is 388 g/mol. The number of amides is 2. The van der Waals surface area contributed by atoms with Crippen molar-refractivity contribution in [3.8, 4) is 0 Å². The third-order valence-corrected chi connectivity index (χ3v) is 5.00. The summed E-state index contributed by atoms with van der Waals surface area (Å²) in [5.74, 6) is -0.405. The third kappa shape index (κ3) is 5.08. The monoisotopic (exact) mass is 387 g/mol. The highest BCUT2D eigenvalue weighted by molar-refractivity contribution is 5.89. The van der Waals surface area contributed by atoms with Gasteiger partial charge in [-0.1, -0.05) is 60.7 Å². The Morgan fingerprint density at radius 1 is 1.11 bits per heavy atom. The molecule has 0 bridgehead atoms. The van der Waals surface area contributed by atoms with E-state index in [1.807, 2.05) is 67.6 Å². The van der Waals surface area contributed by atoms with Gasteiger partial charge in [0.25, 0.3) is 0 Å². The van der Waals surface area contributed by atoms with Crippen molar-refractivity contribution in [3.63, 3.8) is 0 Å². The van der Waals surface area contributed by atoms with Crippen LogP contribution in [0.2, 0.25) is 0 Å². The summed E-state index contributed by atoms with van der Waals surface area (Å²) >= 11 is 0. The number of nitrogens with two attached hydrogens (primary N) is 1. The maximum absolute atomic E-state index is 12.5. The normalized spacial score (nSPS) is 18.5. The van der Waals surface area contributed by atoms with Gasteiger partial charge in [0.05, 0.1) is 12.0 Å². The summed E-state index contributed by atoms with van der Waals surface area (Å²) in [6, 6.07) is 19.3. The number of carbonyl (C=O) groups excluding carboxylic acids is 2. The second-order valence-electron chi connectivity index (χ2n) is 6.80. The topological polar surface area (TPSA) is 75.4 Å².